The Morgan fingerprint density at radius 2 is 1.84 bits per heavy atom. The number of piperazine rings is 1. The van der Waals surface area contributed by atoms with Crippen molar-refractivity contribution in [3.05, 3.63) is 78.0 Å². The molecule has 1 fully saturated rings. The van der Waals surface area contributed by atoms with Crippen molar-refractivity contribution in [3.8, 4) is 11.4 Å². The SMILES string of the molecule is CCN1CCN(C(=O)c2cc3cc(Cc4nccc(-c5ccccn5)n4)ccc3[nH]2)CC1. The van der Waals surface area contributed by atoms with E-state index in [-0.39, 0.29) is 5.91 Å². The Hall–Kier alpha value is -3.58. The van der Waals surface area contributed by atoms with Crippen molar-refractivity contribution in [2.24, 2.45) is 0 Å². The zero-order valence-corrected chi connectivity index (χ0v) is 18.2. The lowest BCUT2D eigenvalue weighted by Gasteiger charge is -2.33. The third-order valence-corrected chi connectivity index (χ3v) is 6.02. The molecule has 1 aliphatic rings. The Balaban J connectivity index is 1.33. The van der Waals surface area contributed by atoms with Gasteiger partial charge in [0, 0.05) is 55.9 Å². The lowest BCUT2D eigenvalue weighted by Crippen LogP contribution is -2.48. The van der Waals surface area contributed by atoms with E-state index in [1.165, 1.54) is 0 Å². The third-order valence-electron chi connectivity index (χ3n) is 6.02. The molecule has 7 heteroatoms. The van der Waals surface area contributed by atoms with E-state index in [2.05, 4.69) is 43.9 Å². The molecule has 4 aromatic rings. The number of hydrogen-bond acceptors (Lipinski definition) is 5. The van der Waals surface area contributed by atoms with E-state index in [1.54, 1.807) is 12.4 Å². The lowest BCUT2D eigenvalue weighted by atomic mass is 10.1. The number of carbonyl (C=O) groups is 1. The first-order valence-corrected chi connectivity index (χ1v) is 11.1. The zero-order chi connectivity index (χ0) is 21.9. The highest BCUT2D eigenvalue weighted by Gasteiger charge is 2.22. The Morgan fingerprint density at radius 1 is 0.969 bits per heavy atom. The molecule has 7 nitrogen and oxygen atoms in total. The standard InChI is InChI=1S/C25H26N6O/c1-2-30-11-13-31(14-12-30)25(32)23-17-19-15-18(6-7-20(19)28-23)16-24-27-10-8-22(29-24)21-5-3-4-9-26-21/h3-10,15,17,28H,2,11-14,16H2,1H3. The molecule has 0 atom stereocenters. The van der Waals surface area contributed by atoms with Gasteiger partial charge in [-0.3, -0.25) is 9.78 Å². The molecule has 0 spiro atoms. The maximum atomic E-state index is 13.0. The molecule has 1 aliphatic heterocycles. The van der Waals surface area contributed by atoms with Gasteiger partial charge >= 0.3 is 0 Å². The van der Waals surface area contributed by atoms with E-state index in [4.69, 9.17) is 0 Å². The lowest BCUT2D eigenvalue weighted by molar-refractivity contribution is 0.0638. The number of pyridine rings is 1. The van der Waals surface area contributed by atoms with Gasteiger partial charge in [0.1, 0.15) is 11.5 Å². The summed E-state index contributed by atoms with van der Waals surface area (Å²) in [6, 6.07) is 15.8. The summed E-state index contributed by atoms with van der Waals surface area (Å²) in [5.74, 6) is 0.818. The number of likely N-dealkylation sites (N-methyl/N-ethyl adjacent to an activating group) is 1. The van der Waals surface area contributed by atoms with Crippen molar-refractivity contribution in [1.82, 2.24) is 29.7 Å². The van der Waals surface area contributed by atoms with Crippen molar-refractivity contribution < 1.29 is 4.79 Å². The Bertz CT molecular complexity index is 1230. The molecule has 1 saturated heterocycles. The maximum absolute atomic E-state index is 13.0. The summed E-state index contributed by atoms with van der Waals surface area (Å²) in [5, 5.41) is 1.03. The second kappa shape index (κ2) is 8.88. The number of carbonyl (C=O) groups excluding carboxylic acids is 1. The quantitative estimate of drug-likeness (QED) is 0.529. The van der Waals surface area contributed by atoms with Crippen LogP contribution in [0.5, 0.6) is 0 Å². The minimum Gasteiger partial charge on any atom is -0.351 e. The number of amides is 1. The summed E-state index contributed by atoms with van der Waals surface area (Å²) in [4.78, 5) is 34.1. The van der Waals surface area contributed by atoms with Crippen molar-refractivity contribution in [2.45, 2.75) is 13.3 Å². The minimum absolute atomic E-state index is 0.0740. The molecule has 0 saturated carbocycles. The van der Waals surface area contributed by atoms with Crippen LogP contribution in [0.2, 0.25) is 0 Å². The van der Waals surface area contributed by atoms with E-state index >= 15 is 0 Å². The van der Waals surface area contributed by atoms with Crippen molar-refractivity contribution >= 4 is 16.8 Å². The topological polar surface area (TPSA) is 78.0 Å². The number of nitrogens with zero attached hydrogens (tertiary/aromatic N) is 5. The molecule has 1 amide bonds. The van der Waals surface area contributed by atoms with Crippen LogP contribution in [-0.2, 0) is 6.42 Å². The largest absolute Gasteiger partial charge is 0.351 e. The molecule has 0 radical (unpaired) electrons. The van der Waals surface area contributed by atoms with Gasteiger partial charge in [0.2, 0.25) is 0 Å². The fraction of sp³-hybridized carbons (Fsp3) is 0.280. The molecule has 0 bridgehead atoms. The summed E-state index contributed by atoms with van der Waals surface area (Å²) < 4.78 is 0. The van der Waals surface area contributed by atoms with Crippen LogP contribution < -0.4 is 0 Å². The number of aromatic nitrogens is 4. The predicted molar refractivity (Wildman–Crippen MR) is 124 cm³/mol. The molecule has 5 rings (SSSR count). The number of H-pyrrole nitrogens is 1. The molecule has 162 valence electrons. The van der Waals surface area contributed by atoms with Gasteiger partial charge in [-0.15, -0.1) is 0 Å². The first kappa shape index (κ1) is 20.3. The summed E-state index contributed by atoms with van der Waals surface area (Å²) in [6.07, 6.45) is 4.15. The summed E-state index contributed by atoms with van der Waals surface area (Å²) >= 11 is 0. The van der Waals surface area contributed by atoms with Gasteiger partial charge in [0.25, 0.3) is 5.91 Å². The second-order valence-corrected chi connectivity index (χ2v) is 8.08. The Kier molecular flexibility index (Phi) is 5.64. The Morgan fingerprint density at radius 3 is 2.62 bits per heavy atom. The van der Waals surface area contributed by atoms with Gasteiger partial charge in [-0.2, -0.15) is 0 Å². The molecule has 32 heavy (non-hydrogen) atoms. The number of benzene rings is 1. The second-order valence-electron chi connectivity index (χ2n) is 8.08. The van der Waals surface area contributed by atoms with Crippen LogP contribution in [-0.4, -0.2) is 68.4 Å². The van der Waals surface area contributed by atoms with Crippen LogP contribution in [0.3, 0.4) is 0 Å². The van der Waals surface area contributed by atoms with E-state index in [0.717, 1.165) is 66.4 Å². The third kappa shape index (κ3) is 4.24. The van der Waals surface area contributed by atoms with Gasteiger partial charge in [-0.1, -0.05) is 19.1 Å². The first-order valence-electron chi connectivity index (χ1n) is 11.1. The minimum atomic E-state index is 0.0740. The van der Waals surface area contributed by atoms with E-state index < -0.39 is 0 Å². The van der Waals surface area contributed by atoms with Crippen LogP contribution in [0.25, 0.3) is 22.3 Å². The Labute approximate surface area is 187 Å². The molecular weight excluding hydrogens is 400 g/mol. The van der Waals surface area contributed by atoms with Crippen molar-refractivity contribution in [1.29, 1.82) is 0 Å². The summed E-state index contributed by atoms with van der Waals surface area (Å²) in [6.45, 7) is 6.61. The molecule has 0 unspecified atom stereocenters. The van der Waals surface area contributed by atoms with Gasteiger partial charge in [-0.25, -0.2) is 9.97 Å². The fourth-order valence-electron chi connectivity index (χ4n) is 4.17. The first-order chi connectivity index (χ1) is 15.7. The predicted octanol–water partition coefficient (Wildman–Crippen LogP) is 3.39. The van der Waals surface area contributed by atoms with Crippen LogP contribution in [0.15, 0.2) is 60.9 Å². The van der Waals surface area contributed by atoms with Crippen LogP contribution in [0.1, 0.15) is 28.8 Å². The zero-order valence-electron chi connectivity index (χ0n) is 18.2. The van der Waals surface area contributed by atoms with Crippen molar-refractivity contribution in [2.75, 3.05) is 32.7 Å². The van der Waals surface area contributed by atoms with E-state index in [1.807, 2.05) is 41.3 Å². The molecular formula is C25H26N6O. The molecule has 4 heterocycles. The van der Waals surface area contributed by atoms with E-state index in [9.17, 15) is 4.79 Å². The number of aromatic amines is 1. The highest BCUT2D eigenvalue weighted by atomic mass is 16.2. The number of nitrogens with one attached hydrogen (secondary N) is 1. The maximum Gasteiger partial charge on any atom is 0.270 e. The normalized spacial score (nSPS) is 14.7. The van der Waals surface area contributed by atoms with Crippen LogP contribution >= 0.6 is 0 Å². The highest BCUT2D eigenvalue weighted by molar-refractivity contribution is 5.98. The average molecular weight is 427 g/mol. The molecule has 3 aromatic heterocycles. The van der Waals surface area contributed by atoms with Gasteiger partial charge < -0.3 is 14.8 Å². The smallest absolute Gasteiger partial charge is 0.270 e. The van der Waals surface area contributed by atoms with Crippen LogP contribution in [0, 0.1) is 0 Å². The number of hydrogen-bond donors (Lipinski definition) is 1. The van der Waals surface area contributed by atoms with Crippen LogP contribution in [0.4, 0.5) is 0 Å². The fourth-order valence-corrected chi connectivity index (χ4v) is 4.17. The highest BCUT2D eigenvalue weighted by Crippen LogP contribution is 2.21. The summed E-state index contributed by atoms with van der Waals surface area (Å²) in [7, 11) is 0. The molecule has 1 aromatic carbocycles. The average Bonchev–Trinajstić information content (AvgIpc) is 3.28. The number of fused-ring (bicyclic) bond motifs is 1. The van der Waals surface area contributed by atoms with Gasteiger partial charge in [0.15, 0.2) is 0 Å². The van der Waals surface area contributed by atoms with Gasteiger partial charge in [0.05, 0.1) is 11.4 Å². The molecule has 0 aliphatic carbocycles. The summed E-state index contributed by atoms with van der Waals surface area (Å²) in [5.41, 5.74) is 4.36. The monoisotopic (exact) mass is 426 g/mol. The van der Waals surface area contributed by atoms with Gasteiger partial charge in [-0.05, 0) is 48.5 Å². The molecule has 1 N–H and O–H groups in total. The number of rotatable bonds is 5. The van der Waals surface area contributed by atoms with Crippen molar-refractivity contribution in [3.63, 3.8) is 0 Å². The van der Waals surface area contributed by atoms with E-state index in [0.29, 0.717) is 12.1 Å².